The SMILES string of the molecule is CC1CC(C)CN(Cc2cc(N)n(C)n2)C1. The van der Waals surface area contributed by atoms with Crippen LogP contribution in [0, 0.1) is 11.8 Å². The molecular formula is C12H22N4. The van der Waals surface area contributed by atoms with Crippen molar-refractivity contribution < 1.29 is 0 Å². The Morgan fingerprint density at radius 3 is 2.50 bits per heavy atom. The van der Waals surface area contributed by atoms with Gasteiger partial charge in [0.1, 0.15) is 5.82 Å². The number of nitrogens with two attached hydrogens (primary N) is 1. The second-order valence-corrected chi connectivity index (χ2v) is 5.32. The Morgan fingerprint density at radius 2 is 2.00 bits per heavy atom. The maximum atomic E-state index is 5.78. The Morgan fingerprint density at radius 1 is 1.38 bits per heavy atom. The van der Waals surface area contributed by atoms with Crippen molar-refractivity contribution in [2.24, 2.45) is 18.9 Å². The van der Waals surface area contributed by atoms with Crippen molar-refractivity contribution in [2.75, 3.05) is 18.8 Å². The molecule has 16 heavy (non-hydrogen) atoms. The van der Waals surface area contributed by atoms with Crippen LogP contribution in [0.25, 0.3) is 0 Å². The molecule has 2 unspecified atom stereocenters. The van der Waals surface area contributed by atoms with Crippen LogP contribution in [-0.2, 0) is 13.6 Å². The Balaban J connectivity index is 1.98. The lowest BCUT2D eigenvalue weighted by Gasteiger charge is -2.34. The van der Waals surface area contributed by atoms with Crippen LogP contribution < -0.4 is 5.73 Å². The molecule has 90 valence electrons. The lowest BCUT2D eigenvalue weighted by molar-refractivity contribution is 0.132. The molecule has 0 amide bonds. The molecule has 4 heteroatoms. The summed E-state index contributed by atoms with van der Waals surface area (Å²) < 4.78 is 1.74. The highest BCUT2D eigenvalue weighted by Gasteiger charge is 2.22. The average Bonchev–Trinajstić information content (AvgIpc) is 2.43. The highest BCUT2D eigenvalue weighted by Crippen LogP contribution is 2.22. The van der Waals surface area contributed by atoms with Crippen LogP contribution >= 0.6 is 0 Å². The van der Waals surface area contributed by atoms with E-state index in [0.717, 1.165) is 29.9 Å². The first-order chi connectivity index (χ1) is 7.54. The van der Waals surface area contributed by atoms with E-state index in [2.05, 4.69) is 23.8 Å². The molecule has 2 N–H and O–H groups in total. The van der Waals surface area contributed by atoms with Gasteiger partial charge in [-0.2, -0.15) is 5.10 Å². The van der Waals surface area contributed by atoms with Gasteiger partial charge in [-0.25, -0.2) is 0 Å². The fourth-order valence-electron chi connectivity index (χ4n) is 2.77. The van der Waals surface area contributed by atoms with E-state index in [4.69, 9.17) is 5.73 Å². The second kappa shape index (κ2) is 4.45. The first-order valence-corrected chi connectivity index (χ1v) is 6.05. The predicted molar refractivity (Wildman–Crippen MR) is 65.8 cm³/mol. The van der Waals surface area contributed by atoms with E-state index >= 15 is 0 Å². The molecule has 2 rings (SSSR count). The summed E-state index contributed by atoms with van der Waals surface area (Å²) in [6, 6.07) is 1.98. The third kappa shape index (κ3) is 2.55. The smallest absolute Gasteiger partial charge is 0.121 e. The topological polar surface area (TPSA) is 47.1 Å². The number of likely N-dealkylation sites (tertiary alicyclic amines) is 1. The highest BCUT2D eigenvalue weighted by molar-refractivity contribution is 5.30. The monoisotopic (exact) mass is 222 g/mol. The first-order valence-electron chi connectivity index (χ1n) is 6.05. The molecule has 0 saturated carbocycles. The molecule has 1 fully saturated rings. The van der Waals surface area contributed by atoms with Gasteiger partial charge in [-0.3, -0.25) is 9.58 Å². The van der Waals surface area contributed by atoms with Gasteiger partial charge in [0.05, 0.1) is 5.69 Å². The molecule has 1 aliphatic heterocycles. The minimum atomic E-state index is 0.744. The Labute approximate surface area is 97.4 Å². The zero-order valence-electron chi connectivity index (χ0n) is 10.5. The van der Waals surface area contributed by atoms with Crippen molar-refractivity contribution in [2.45, 2.75) is 26.8 Å². The molecule has 0 spiro atoms. The van der Waals surface area contributed by atoms with Gasteiger partial charge >= 0.3 is 0 Å². The number of rotatable bonds is 2. The van der Waals surface area contributed by atoms with Crippen molar-refractivity contribution in [3.05, 3.63) is 11.8 Å². The molecule has 1 saturated heterocycles. The van der Waals surface area contributed by atoms with Gasteiger partial charge < -0.3 is 5.73 Å². The molecule has 1 aromatic heterocycles. The quantitative estimate of drug-likeness (QED) is 0.824. The molecule has 1 aromatic rings. The third-order valence-corrected chi connectivity index (χ3v) is 3.30. The standard InChI is InChI=1S/C12H22N4/c1-9-4-10(2)7-16(6-9)8-11-5-12(13)15(3)14-11/h5,9-10H,4,6-8,13H2,1-3H3. The van der Waals surface area contributed by atoms with E-state index in [1.54, 1.807) is 4.68 Å². The van der Waals surface area contributed by atoms with Crippen LogP contribution in [-0.4, -0.2) is 27.8 Å². The molecule has 0 aliphatic carbocycles. The predicted octanol–water partition coefficient (Wildman–Crippen LogP) is 1.48. The van der Waals surface area contributed by atoms with Gasteiger partial charge in [0, 0.05) is 32.7 Å². The fraction of sp³-hybridized carbons (Fsp3) is 0.750. The van der Waals surface area contributed by atoms with Crippen LogP contribution in [0.3, 0.4) is 0 Å². The molecule has 4 nitrogen and oxygen atoms in total. The van der Waals surface area contributed by atoms with E-state index in [0.29, 0.717) is 0 Å². The minimum absolute atomic E-state index is 0.744. The summed E-state index contributed by atoms with van der Waals surface area (Å²) >= 11 is 0. The summed E-state index contributed by atoms with van der Waals surface area (Å²) in [4.78, 5) is 2.49. The van der Waals surface area contributed by atoms with Gasteiger partial charge in [0.15, 0.2) is 0 Å². The van der Waals surface area contributed by atoms with Gasteiger partial charge in [0.2, 0.25) is 0 Å². The van der Waals surface area contributed by atoms with Gasteiger partial charge in [0.25, 0.3) is 0 Å². The Kier molecular flexibility index (Phi) is 3.19. The van der Waals surface area contributed by atoms with Gasteiger partial charge in [-0.15, -0.1) is 0 Å². The van der Waals surface area contributed by atoms with E-state index in [1.165, 1.54) is 19.5 Å². The average molecular weight is 222 g/mol. The number of aryl methyl sites for hydroxylation is 1. The normalized spacial score (nSPS) is 27.2. The first kappa shape index (κ1) is 11.5. The van der Waals surface area contributed by atoms with Crippen LogP contribution in [0.4, 0.5) is 5.82 Å². The van der Waals surface area contributed by atoms with Gasteiger partial charge in [-0.05, 0) is 18.3 Å². The summed E-state index contributed by atoms with van der Waals surface area (Å²) in [5.41, 5.74) is 6.87. The van der Waals surface area contributed by atoms with Crippen molar-refractivity contribution >= 4 is 5.82 Å². The molecule has 2 heterocycles. The zero-order chi connectivity index (χ0) is 11.7. The molecular weight excluding hydrogens is 200 g/mol. The number of nitrogen functional groups attached to an aromatic ring is 1. The number of piperidine rings is 1. The molecule has 2 atom stereocenters. The van der Waals surface area contributed by atoms with Crippen LogP contribution in [0.2, 0.25) is 0 Å². The Hall–Kier alpha value is -1.03. The third-order valence-electron chi connectivity index (χ3n) is 3.30. The fourth-order valence-corrected chi connectivity index (χ4v) is 2.77. The van der Waals surface area contributed by atoms with Gasteiger partial charge in [-0.1, -0.05) is 13.8 Å². The number of aromatic nitrogens is 2. The van der Waals surface area contributed by atoms with Crippen molar-refractivity contribution in [3.8, 4) is 0 Å². The zero-order valence-corrected chi connectivity index (χ0v) is 10.5. The summed E-state index contributed by atoms with van der Waals surface area (Å²) in [5.74, 6) is 2.34. The number of anilines is 1. The molecule has 0 bridgehead atoms. The number of nitrogens with zero attached hydrogens (tertiary/aromatic N) is 3. The van der Waals surface area contributed by atoms with Crippen molar-refractivity contribution in [3.63, 3.8) is 0 Å². The summed E-state index contributed by atoms with van der Waals surface area (Å²) in [5, 5.41) is 4.40. The van der Waals surface area contributed by atoms with Crippen LogP contribution in [0.5, 0.6) is 0 Å². The molecule has 0 radical (unpaired) electrons. The minimum Gasteiger partial charge on any atom is -0.384 e. The van der Waals surface area contributed by atoms with Crippen molar-refractivity contribution in [1.82, 2.24) is 14.7 Å². The molecule has 0 aromatic carbocycles. The van der Waals surface area contributed by atoms with E-state index in [-0.39, 0.29) is 0 Å². The highest BCUT2D eigenvalue weighted by atomic mass is 15.3. The maximum absolute atomic E-state index is 5.78. The van der Waals surface area contributed by atoms with Crippen LogP contribution in [0.15, 0.2) is 6.07 Å². The number of hydrogen-bond donors (Lipinski definition) is 1. The van der Waals surface area contributed by atoms with E-state index in [1.807, 2.05) is 13.1 Å². The summed E-state index contributed by atoms with van der Waals surface area (Å²) in [6.07, 6.45) is 1.35. The van der Waals surface area contributed by atoms with E-state index in [9.17, 15) is 0 Å². The van der Waals surface area contributed by atoms with Crippen LogP contribution in [0.1, 0.15) is 26.0 Å². The summed E-state index contributed by atoms with van der Waals surface area (Å²) in [7, 11) is 1.89. The maximum Gasteiger partial charge on any atom is 0.121 e. The molecule has 1 aliphatic rings. The Bertz CT molecular complexity index is 328. The lowest BCUT2D eigenvalue weighted by atomic mass is 9.92. The second-order valence-electron chi connectivity index (χ2n) is 5.32. The van der Waals surface area contributed by atoms with E-state index < -0.39 is 0 Å². The van der Waals surface area contributed by atoms with Crippen molar-refractivity contribution in [1.29, 1.82) is 0 Å². The lowest BCUT2D eigenvalue weighted by Crippen LogP contribution is -2.38. The summed E-state index contributed by atoms with van der Waals surface area (Å²) in [6.45, 7) is 7.95. The number of hydrogen-bond acceptors (Lipinski definition) is 3. The largest absolute Gasteiger partial charge is 0.384 e.